The van der Waals surface area contributed by atoms with Crippen LogP contribution in [0.25, 0.3) is 0 Å². The number of thiophene rings is 1. The van der Waals surface area contributed by atoms with Crippen LogP contribution in [-0.2, 0) is 6.42 Å². The van der Waals surface area contributed by atoms with E-state index in [1.165, 1.54) is 10.9 Å². The van der Waals surface area contributed by atoms with Crippen molar-refractivity contribution in [2.24, 2.45) is 0 Å². The first-order valence-corrected chi connectivity index (χ1v) is 5.64. The van der Waals surface area contributed by atoms with Gasteiger partial charge in [-0.2, -0.15) is 0 Å². The Hall–Kier alpha value is -1.35. The Bertz CT molecular complexity index is 411. The summed E-state index contributed by atoms with van der Waals surface area (Å²) in [5.41, 5.74) is 0. The van der Waals surface area contributed by atoms with E-state index in [4.69, 9.17) is 4.74 Å². The first-order chi connectivity index (χ1) is 7.36. The Morgan fingerprint density at radius 1 is 1.13 bits per heavy atom. The topological polar surface area (TPSA) is 9.23 Å². The maximum atomic E-state index is 13.1. The minimum Gasteiger partial charge on any atom is -0.490 e. The zero-order chi connectivity index (χ0) is 10.5. The Morgan fingerprint density at radius 2 is 2.00 bits per heavy atom. The average molecular weight is 222 g/mol. The third-order valence-corrected chi connectivity index (χ3v) is 2.96. The van der Waals surface area contributed by atoms with Gasteiger partial charge in [0.2, 0.25) is 0 Å². The lowest BCUT2D eigenvalue weighted by Gasteiger charge is -2.05. The van der Waals surface area contributed by atoms with Gasteiger partial charge in [0, 0.05) is 11.3 Å². The van der Waals surface area contributed by atoms with Crippen molar-refractivity contribution in [1.29, 1.82) is 0 Å². The van der Waals surface area contributed by atoms with Crippen LogP contribution in [0.2, 0.25) is 0 Å². The maximum absolute atomic E-state index is 13.1. The van der Waals surface area contributed by atoms with Crippen LogP contribution in [-0.4, -0.2) is 6.61 Å². The van der Waals surface area contributed by atoms with Crippen molar-refractivity contribution in [1.82, 2.24) is 0 Å². The van der Waals surface area contributed by atoms with Crippen LogP contribution in [0.4, 0.5) is 4.39 Å². The van der Waals surface area contributed by atoms with Gasteiger partial charge in [-0.05, 0) is 23.6 Å². The minimum absolute atomic E-state index is 0.302. The summed E-state index contributed by atoms with van der Waals surface area (Å²) < 4.78 is 18.5. The van der Waals surface area contributed by atoms with Crippen molar-refractivity contribution < 1.29 is 9.13 Å². The Morgan fingerprint density at radius 3 is 2.73 bits per heavy atom. The number of hydrogen-bond acceptors (Lipinski definition) is 2. The molecule has 0 aliphatic rings. The highest BCUT2D eigenvalue weighted by Crippen LogP contribution is 2.16. The van der Waals surface area contributed by atoms with Crippen molar-refractivity contribution in [2.45, 2.75) is 6.42 Å². The third-order valence-electron chi connectivity index (χ3n) is 2.02. The Labute approximate surface area is 92.1 Å². The van der Waals surface area contributed by atoms with E-state index in [1.807, 2.05) is 11.4 Å². The van der Waals surface area contributed by atoms with Crippen molar-refractivity contribution in [3.05, 3.63) is 52.5 Å². The van der Waals surface area contributed by atoms with Crippen molar-refractivity contribution in [2.75, 3.05) is 6.61 Å². The molecule has 0 N–H and O–H groups in total. The maximum Gasteiger partial charge on any atom is 0.165 e. The van der Waals surface area contributed by atoms with Crippen LogP contribution in [0, 0.1) is 5.82 Å². The Balaban J connectivity index is 1.86. The normalized spacial score (nSPS) is 10.2. The molecule has 2 rings (SSSR count). The molecule has 1 heterocycles. The summed E-state index contributed by atoms with van der Waals surface area (Å²) in [5, 5.41) is 2.03. The van der Waals surface area contributed by atoms with Crippen LogP contribution >= 0.6 is 11.3 Å². The number of ether oxygens (including phenoxy) is 1. The van der Waals surface area contributed by atoms with E-state index in [9.17, 15) is 4.39 Å². The van der Waals surface area contributed by atoms with Gasteiger partial charge in [-0.25, -0.2) is 4.39 Å². The molecule has 0 fully saturated rings. The lowest BCUT2D eigenvalue weighted by Crippen LogP contribution is -2.01. The van der Waals surface area contributed by atoms with E-state index in [0.29, 0.717) is 12.4 Å². The lowest BCUT2D eigenvalue weighted by atomic mass is 10.3. The predicted octanol–water partition coefficient (Wildman–Crippen LogP) is 3.51. The van der Waals surface area contributed by atoms with E-state index in [2.05, 4.69) is 6.07 Å². The van der Waals surface area contributed by atoms with Gasteiger partial charge in [-0.15, -0.1) is 11.3 Å². The molecule has 0 saturated heterocycles. The van der Waals surface area contributed by atoms with Gasteiger partial charge in [0.05, 0.1) is 6.61 Å². The molecule has 0 spiro atoms. The molecule has 2 aromatic rings. The van der Waals surface area contributed by atoms with E-state index in [1.54, 1.807) is 29.5 Å². The van der Waals surface area contributed by atoms with Crippen LogP contribution in [0.1, 0.15) is 4.88 Å². The number of halogens is 1. The summed E-state index contributed by atoms with van der Waals surface area (Å²) in [7, 11) is 0. The zero-order valence-corrected chi connectivity index (χ0v) is 8.97. The van der Waals surface area contributed by atoms with Gasteiger partial charge >= 0.3 is 0 Å². The quantitative estimate of drug-likeness (QED) is 0.769. The molecule has 0 amide bonds. The fourth-order valence-corrected chi connectivity index (χ4v) is 1.97. The molecule has 0 aliphatic heterocycles. The minimum atomic E-state index is -0.302. The fraction of sp³-hybridized carbons (Fsp3) is 0.167. The molecule has 0 radical (unpaired) electrons. The highest BCUT2D eigenvalue weighted by Gasteiger charge is 2.01. The van der Waals surface area contributed by atoms with Crippen molar-refractivity contribution >= 4 is 11.3 Å². The van der Waals surface area contributed by atoms with E-state index in [0.717, 1.165) is 6.42 Å². The summed E-state index contributed by atoms with van der Waals surface area (Å²) >= 11 is 1.69. The first-order valence-electron chi connectivity index (χ1n) is 4.76. The molecule has 78 valence electrons. The molecule has 1 aromatic heterocycles. The first kappa shape index (κ1) is 10.2. The molecule has 3 heteroatoms. The SMILES string of the molecule is Fc1ccccc1OCCc1cccs1. The van der Waals surface area contributed by atoms with E-state index < -0.39 is 0 Å². The van der Waals surface area contributed by atoms with Gasteiger partial charge in [-0.1, -0.05) is 18.2 Å². The molecule has 0 atom stereocenters. The summed E-state index contributed by atoms with van der Waals surface area (Å²) in [4.78, 5) is 1.26. The summed E-state index contributed by atoms with van der Waals surface area (Å²) in [6.07, 6.45) is 0.825. The van der Waals surface area contributed by atoms with Gasteiger partial charge in [0.15, 0.2) is 11.6 Å². The number of hydrogen-bond donors (Lipinski definition) is 0. The van der Waals surface area contributed by atoms with Crippen molar-refractivity contribution in [3.8, 4) is 5.75 Å². The summed E-state index contributed by atoms with van der Waals surface area (Å²) in [6.45, 7) is 0.515. The van der Waals surface area contributed by atoms with Crippen LogP contribution in [0.5, 0.6) is 5.75 Å². The van der Waals surface area contributed by atoms with Crippen LogP contribution in [0.15, 0.2) is 41.8 Å². The highest BCUT2D eigenvalue weighted by molar-refractivity contribution is 7.09. The zero-order valence-electron chi connectivity index (χ0n) is 8.15. The predicted molar refractivity (Wildman–Crippen MR) is 59.9 cm³/mol. The standard InChI is InChI=1S/C12H11FOS/c13-11-5-1-2-6-12(11)14-8-7-10-4-3-9-15-10/h1-6,9H,7-8H2. The number of benzene rings is 1. The van der Waals surface area contributed by atoms with Gasteiger partial charge in [-0.3, -0.25) is 0 Å². The molecule has 1 nitrogen and oxygen atoms in total. The van der Waals surface area contributed by atoms with E-state index in [-0.39, 0.29) is 5.82 Å². The fourth-order valence-electron chi connectivity index (χ4n) is 1.28. The molecule has 0 aliphatic carbocycles. The van der Waals surface area contributed by atoms with Crippen LogP contribution in [0.3, 0.4) is 0 Å². The summed E-state index contributed by atoms with van der Waals surface area (Å²) in [6, 6.07) is 10.5. The summed E-state index contributed by atoms with van der Waals surface area (Å²) in [5.74, 6) is 0.0257. The number of para-hydroxylation sites is 1. The van der Waals surface area contributed by atoms with Crippen molar-refractivity contribution in [3.63, 3.8) is 0 Å². The van der Waals surface area contributed by atoms with E-state index >= 15 is 0 Å². The van der Waals surface area contributed by atoms with Gasteiger partial charge in [0.25, 0.3) is 0 Å². The molecule has 0 bridgehead atoms. The lowest BCUT2D eigenvalue weighted by molar-refractivity contribution is 0.306. The van der Waals surface area contributed by atoms with Gasteiger partial charge < -0.3 is 4.74 Å². The van der Waals surface area contributed by atoms with Gasteiger partial charge in [0.1, 0.15) is 0 Å². The molecule has 15 heavy (non-hydrogen) atoms. The third kappa shape index (κ3) is 2.80. The molecular weight excluding hydrogens is 211 g/mol. The molecule has 0 saturated carbocycles. The highest BCUT2D eigenvalue weighted by atomic mass is 32.1. The molecular formula is C12H11FOS. The largest absolute Gasteiger partial charge is 0.490 e. The molecule has 1 aromatic carbocycles. The smallest absolute Gasteiger partial charge is 0.165 e. The molecule has 0 unspecified atom stereocenters. The second kappa shape index (κ2) is 4.94. The Kier molecular flexibility index (Phi) is 3.35. The number of rotatable bonds is 4. The second-order valence-electron chi connectivity index (χ2n) is 3.11. The monoisotopic (exact) mass is 222 g/mol. The van der Waals surface area contributed by atoms with Crippen LogP contribution < -0.4 is 4.74 Å². The average Bonchev–Trinajstić information content (AvgIpc) is 2.74. The second-order valence-corrected chi connectivity index (χ2v) is 4.14.